The number of benzene rings is 2. The van der Waals surface area contributed by atoms with Gasteiger partial charge in [-0.05, 0) is 50.2 Å². The summed E-state index contributed by atoms with van der Waals surface area (Å²) in [6.45, 7) is 3.76. The number of sulfonamides is 1. The molecule has 0 atom stereocenters. The second-order valence-corrected chi connectivity index (χ2v) is 6.41. The molecule has 0 aliphatic carbocycles. The van der Waals surface area contributed by atoms with Gasteiger partial charge >= 0.3 is 0 Å². The molecule has 0 aromatic heterocycles. The molecule has 2 aromatic carbocycles. The van der Waals surface area contributed by atoms with Gasteiger partial charge in [-0.25, -0.2) is 12.8 Å². The van der Waals surface area contributed by atoms with Crippen LogP contribution >= 0.6 is 0 Å². The zero-order valence-electron chi connectivity index (χ0n) is 11.7. The summed E-state index contributed by atoms with van der Waals surface area (Å²) in [5.41, 5.74) is -0.0833. The predicted octanol–water partition coefficient (Wildman–Crippen LogP) is 3.41. The monoisotopic (exact) mass is 309 g/mol. The van der Waals surface area contributed by atoms with Crippen LogP contribution in [0.3, 0.4) is 0 Å². The maximum atomic E-state index is 13.5. The van der Waals surface area contributed by atoms with Crippen LogP contribution in [0.4, 0.5) is 10.1 Å². The van der Waals surface area contributed by atoms with Crippen molar-refractivity contribution in [3.8, 4) is 5.75 Å². The van der Waals surface area contributed by atoms with Gasteiger partial charge < -0.3 is 4.74 Å². The van der Waals surface area contributed by atoms with Crippen molar-refractivity contribution in [3.63, 3.8) is 0 Å². The molecule has 0 unspecified atom stereocenters. The molecular weight excluding hydrogens is 293 g/mol. The van der Waals surface area contributed by atoms with E-state index in [9.17, 15) is 12.8 Å². The van der Waals surface area contributed by atoms with Gasteiger partial charge in [0.05, 0.1) is 16.7 Å². The fourth-order valence-corrected chi connectivity index (χ4v) is 2.78. The Morgan fingerprint density at radius 2 is 1.67 bits per heavy atom. The van der Waals surface area contributed by atoms with Crippen molar-refractivity contribution in [1.29, 1.82) is 0 Å². The first kappa shape index (κ1) is 15.3. The standard InChI is InChI=1S/C15H16FNO3S/c1-11(2)20-12-7-9-13(10-8-12)21(18,19)17-15-6-4-3-5-14(15)16/h3-11,17H,1-2H3. The Morgan fingerprint density at radius 3 is 2.24 bits per heavy atom. The Hall–Kier alpha value is -2.08. The van der Waals surface area contributed by atoms with Crippen LogP contribution in [0, 0.1) is 5.82 Å². The summed E-state index contributed by atoms with van der Waals surface area (Å²) < 4.78 is 45.5. The Morgan fingerprint density at radius 1 is 1.05 bits per heavy atom. The van der Waals surface area contributed by atoms with E-state index in [0.717, 1.165) is 0 Å². The van der Waals surface area contributed by atoms with Crippen molar-refractivity contribution in [2.75, 3.05) is 4.72 Å². The van der Waals surface area contributed by atoms with Crippen LogP contribution in [0.5, 0.6) is 5.75 Å². The first-order valence-corrected chi connectivity index (χ1v) is 7.91. The topological polar surface area (TPSA) is 55.4 Å². The highest BCUT2D eigenvalue weighted by molar-refractivity contribution is 7.92. The number of halogens is 1. The first-order chi connectivity index (χ1) is 9.88. The summed E-state index contributed by atoms with van der Waals surface area (Å²) in [5, 5.41) is 0. The minimum Gasteiger partial charge on any atom is -0.491 e. The molecule has 0 bridgehead atoms. The van der Waals surface area contributed by atoms with E-state index in [1.54, 1.807) is 18.2 Å². The van der Waals surface area contributed by atoms with Gasteiger partial charge in [0.2, 0.25) is 0 Å². The van der Waals surface area contributed by atoms with Gasteiger partial charge in [0.25, 0.3) is 10.0 Å². The lowest BCUT2D eigenvalue weighted by Crippen LogP contribution is -2.14. The van der Waals surface area contributed by atoms with E-state index in [0.29, 0.717) is 5.75 Å². The van der Waals surface area contributed by atoms with Gasteiger partial charge in [-0.15, -0.1) is 0 Å². The Labute approximate surface area is 123 Å². The van der Waals surface area contributed by atoms with Crippen LogP contribution < -0.4 is 9.46 Å². The largest absolute Gasteiger partial charge is 0.491 e. The summed E-state index contributed by atoms with van der Waals surface area (Å²) in [6.07, 6.45) is 0.00370. The second-order valence-electron chi connectivity index (χ2n) is 4.72. The zero-order chi connectivity index (χ0) is 15.5. The molecule has 2 rings (SSSR count). The molecule has 0 amide bonds. The van der Waals surface area contributed by atoms with Crippen LogP contribution in [0.15, 0.2) is 53.4 Å². The van der Waals surface area contributed by atoms with Crippen molar-refractivity contribution in [3.05, 3.63) is 54.3 Å². The van der Waals surface area contributed by atoms with Crippen LogP contribution in [-0.2, 0) is 10.0 Å². The number of nitrogens with one attached hydrogen (secondary N) is 1. The van der Waals surface area contributed by atoms with E-state index >= 15 is 0 Å². The number of hydrogen-bond donors (Lipinski definition) is 1. The zero-order valence-corrected chi connectivity index (χ0v) is 12.5. The Bertz CT molecular complexity index is 712. The van der Waals surface area contributed by atoms with Crippen molar-refractivity contribution in [2.45, 2.75) is 24.8 Å². The van der Waals surface area contributed by atoms with E-state index < -0.39 is 15.8 Å². The molecule has 0 aliphatic heterocycles. The van der Waals surface area contributed by atoms with Crippen LogP contribution in [-0.4, -0.2) is 14.5 Å². The number of para-hydroxylation sites is 1. The minimum atomic E-state index is -3.83. The van der Waals surface area contributed by atoms with E-state index in [-0.39, 0.29) is 16.7 Å². The van der Waals surface area contributed by atoms with Crippen molar-refractivity contribution in [2.24, 2.45) is 0 Å². The van der Waals surface area contributed by atoms with Gasteiger partial charge in [-0.1, -0.05) is 12.1 Å². The molecule has 0 radical (unpaired) electrons. The third-order valence-electron chi connectivity index (χ3n) is 2.62. The molecule has 0 spiro atoms. The fourth-order valence-electron chi connectivity index (χ4n) is 1.72. The van der Waals surface area contributed by atoms with Gasteiger partial charge in [0, 0.05) is 0 Å². The lowest BCUT2D eigenvalue weighted by atomic mass is 10.3. The Kier molecular flexibility index (Phi) is 4.47. The maximum Gasteiger partial charge on any atom is 0.261 e. The summed E-state index contributed by atoms with van der Waals surface area (Å²) >= 11 is 0. The van der Waals surface area contributed by atoms with Gasteiger partial charge in [0.1, 0.15) is 11.6 Å². The molecule has 0 fully saturated rings. The SMILES string of the molecule is CC(C)Oc1ccc(S(=O)(=O)Nc2ccccc2F)cc1. The lowest BCUT2D eigenvalue weighted by molar-refractivity contribution is 0.242. The molecule has 0 aliphatic rings. The summed E-state index contributed by atoms with van der Waals surface area (Å²) in [6, 6.07) is 11.6. The molecule has 21 heavy (non-hydrogen) atoms. The van der Waals surface area contributed by atoms with Crippen LogP contribution in [0.1, 0.15) is 13.8 Å². The third kappa shape index (κ3) is 3.95. The van der Waals surface area contributed by atoms with Crippen molar-refractivity contribution >= 4 is 15.7 Å². The van der Waals surface area contributed by atoms with E-state index in [4.69, 9.17) is 4.74 Å². The lowest BCUT2D eigenvalue weighted by Gasteiger charge is -2.11. The normalized spacial score (nSPS) is 11.4. The number of rotatable bonds is 5. The first-order valence-electron chi connectivity index (χ1n) is 6.42. The maximum absolute atomic E-state index is 13.5. The Balaban J connectivity index is 2.22. The van der Waals surface area contributed by atoms with Gasteiger partial charge in [-0.2, -0.15) is 0 Å². The molecular formula is C15H16FNO3S. The summed E-state index contributed by atoms with van der Waals surface area (Å²) in [7, 11) is -3.83. The average molecular weight is 309 g/mol. The second kappa shape index (κ2) is 6.13. The summed E-state index contributed by atoms with van der Waals surface area (Å²) in [5.74, 6) is -0.0457. The molecule has 1 N–H and O–H groups in total. The molecule has 4 nitrogen and oxygen atoms in total. The predicted molar refractivity (Wildman–Crippen MR) is 79.4 cm³/mol. The van der Waals surface area contributed by atoms with Crippen LogP contribution in [0.2, 0.25) is 0 Å². The van der Waals surface area contributed by atoms with Crippen LogP contribution in [0.25, 0.3) is 0 Å². The fraction of sp³-hybridized carbons (Fsp3) is 0.200. The third-order valence-corrected chi connectivity index (χ3v) is 4.01. The number of ether oxygens (including phenoxy) is 1. The van der Waals surface area contributed by atoms with Crippen molar-refractivity contribution in [1.82, 2.24) is 0 Å². The molecule has 0 saturated carbocycles. The highest BCUT2D eigenvalue weighted by Crippen LogP contribution is 2.21. The molecule has 6 heteroatoms. The van der Waals surface area contributed by atoms with Crippen molar-refractivity contribution < 1.29 is 17.5 Å². The highest BCUT2D eigenvalue weighted by Gasteiger charge is 2.16. The van der Waals surface area contributed by atoms with E-state index in [1.807, 2.05) is 13.8 Å². The van der Waals surface area contributed by atoms with E-state index in [2.05, 4.69) is 4.72 Å². The number of hydrogen-bond acceptors (Lipinski definition) is 3. The number of anilines is 1. The van der Waals surface area contributed by atoms with E-state index in [1.165, 1.54) is 30.3 Å². The smallest absolute Gasteiger partial charge is 0.261 e. The minimum absolute atomic E-state index is 0.00370. The van der Waals surface area contributed by atoms with Gasteiger partial charge in [-0.3, -0.25) is 4.72 Å². The highest BCUT2D eigenvalue weighted by atomic mass is 32.2. The molecule has 2 aromatic rings. The quantitative estimate of drug-likeness (QED) is 0.921. The average Bonchev–Trinajstić information content (AvgIpc) is 2.41. The van der Waals surface area contributed by atoms with Gasteiger partial charge in [0.15, 0.2) is 0 Å². The summed E-state index contributed by atoms with van der Waals surface area (Å²) in [4.78, 5) is 0.0434. The molecule has 0 heterocycles. The molecule has 0 saturated heterocycles. The molecule has 112 valence electrons.